The van der Waals surface area contributed by atoms with Crippen LogP contribution < -0.4 is 10.6 Å². The van der Waals surface area contributed by atoms with E-state index in [4.69, 9.17) is 4.74 Å². The third kappa shape index (κ3) is 4.22. The molecule has 0 fully saturated rings. The minimum atomic E-state index is -0.648. The van der Waals surface area contributed by atoms with Crippen LogP contribution in [-0.2, 0) is 14.3 Å². The van der Waals surface area contributed by atoms with Crippen LogP contribution in [0.25, 0.3) is 0 Å². The van der Waals surface area contributed by atoms with Gasteiger partial charge in [0.05, 0.1) is 17.7 Å². The fraction of sp³-hybridized carbons (Fsp3) is 0.421. The van der Waals surface area contributed by atoms with Crippen LogP contribution in [0.3, 0.4) is 0 Å². The quantitative estimate of drug-likeness (QED) is 0.791. The van der Waals surface area contributed by atoms with Crippen LogP contribution in [0.15, 0.2) is 35.5 Å². The number of benzene rings is 1. The zero-order valence-corrected chi connectivity index (χ0v) is 15.8. The Labute approximate surface area is 153 Å². The highest BCUT2D eigenvalue weighted by Crippen LogP contribution is 2.32. The molecule has 0 saturated heterocycles. The lowest BCUT2D eigenvalue weighted by Gasteiger charge is -2.35. The number of esters is 1. The molecule has 1 aliphatic rings. The van der Waals surface area contributed by atoms with Crippen molar-refractivity contribution in [1.82, 2.24) is 10.2 Å². The van der Waals surface area contributed by atoms with Gasteiger partial charge in [-0.05, 0) is 45.4 Å². The minimum absolute atomic E-state index is 0.196. The number of ether oxygens (including phenoxy) is 1. The fourth-order valence-electron chi connectivity index (χ4n) is 2.95. The minimum Gasteiger partial charge on any atom is -0.459 e. The molecule has 0 aliphatic carbocycles. The summed E-state index contributed by atoms with van der Waals surface area (Å²) in [5.74, 6) is -0.663. The van der Waals surface area contributed by atoms with E-state index in [9.17, 15) is 14.4 Å². The highest BCUT2D eigenvalue weighted by molar-refractivity contribution is 5.95. The van der Waals surface area contributed by atoms with Gasteiger partial charge in [0.1, 0.15) is 0 Å². The summed E-state index contributed by atoms with van der Waals surface area (Å²) in [6, 6.07) is 6.12. The summed E-state index contributed by atoms with van der Waals surface area (Å²) in [5.41, 5.74) is 2.24. The second-order valence-electron chi connectivity index (χ2n) is 6.39. The van der Waals surface area contributed by atoms with E-state index in [0.29, 0.717) is 29.1 Å². The Bertz CT molecular complexity index is 755. The van der Waals surface area contributed by atoms with E-state index in [1.54, 1.807) is 45.0 Å². The highest BCUT2D eigenvalue weighted by atomic mass is 16.5. The standard InChI is InChI=1S/C19H25N3O4/c1-6-22-12(4)16(18(24)26-11(2)3)17(21-19(22)25)14-8-7-9-15(10-14)20-13(5)23/h7-11,17H,6H2,1-5H3,(H,20,23)(H,21,25)/t17-/m1/s1. The summed E-state index contributed by atoms with van der Waals surface area (Å²) in [7, 11) is 0. The predicted octanol–water partition coefficient (Wildman–Crippen LogP) is 2.96. The van der Waals surface area contributed by atoms with E-state index in [1.165, 1.54) is 11.8 Å². The van der Waals surface area contributed by atoms with E-state index < -0.39 is 12.0 Å². The first-order chi connectivity index (χ1) is 12.2. The third-order valence-corrected chi connectivity index (χ3v) is 4.02. The SMILES string of the molecule is CCN1C(=O)N[C@H](c2cccc(NC(C)=O)c2)C(C(=O)OC(C)C)=C1C. The van der Waals surface area contributed by atoms with Gasteiger partial charge >= 0.3 is 12.0 Å². The molecule has 0 saturated carbocycles. The van der Waals surface area contributed by atoms with E-state index in [2.05, 4.69) is 10.6 Å². The number of carbonyl (C=O) groups excluding carboxylic acids is 3. The molecule has 2 rings (SSSR count). The Kier molecular flexibility index (Phi) is 6.02. The molecule has 1 aliphatic heterocycles. The fourth-order valence-corrected chi connectivity index (χ4v) is 2.95. The van der Waals surface area contributed by atoms with Crippen molar-refractivity contribution in [2.24, 2.45) is 0 Å². The van der Waals surface area contributed by atoms with Crippen molar-refractivity contribution < 1.29 is 19.1 Å². The molecule has 3 amide bonds. The van der Waals surface area contributed by atoms with Crippen LogP contribution in [-0.4, -0.2) is 35.5 Å². The van der Waals surface area contributed by atoms with Crippen molar-refractivity contribution in [2.75, 3.05) is 11.9 Å². The topological polar surface area (TPSA) is 87.7 Å². The summed E-state index contributed by atoms with van der Waals surface area (Å²) < 4.78 is 5.39. The molecular weight excluding hydrogens is 334 g/mol. The zero-order valence-electron chi connectivity index (χ0n) is 15.8. The van der Waals surface area contributed by atoms with Crippen LogP contribution >= 0.6 is 0 Å². The lowest BCUT2D eigenvalue weighted by atomic mass is 9.94. The normalized spacial score (nSPS) is 17.2. The first-order valence-corrected chi connectivity index (χ1v) is 8.61. The Morgan fingerprint density at radius 3 is 2.62 bits per heavy atom. The van der Waals surface area contributed by atoms with Crippen LogP contribution in [0.5, 0.6) is 0 Å². The third-order valence-electron chi connectivity index (χ3n) is 4.02. The van der Waals surface area contributed by atoms with Crippen molar-refractivity contribution in [2.45, 2.75) is 46.8 Å². The van der Waals surface area contributed by atoms with E-state index in [-0.39, 0.29) is 18.0 Å². The summed E-state index contributed by atoms with van der Waals surface area (Å²) in [6.07, 6.45) is -0.276. The number of carbonyl (C=O) groups is 3. The van der Waals surface area contributed by atoms with Gasteiger partial charge in [-0.2, -0.15) is 0 Å². The molecule has 0 spiro atoms. The molecule has 1 aromatic carbocycles. The summed E-state index contributed by atoms with van der Waals surface area (Å²) in [6.45, 7) is 8.99. The number of hydrogen-bond acceptors (Lipinski definition) is 4. The van der Waals surface area contributed by atoms with Gasteiger partial charge in [0.15, 0.2) is 0 Å². The Hall–Kier alpha value is -2.83. The molecular formula is C19H25N3O4. The first-order valence-electron chi connectivity index (χ1n) is 8.61. The monoisotopic (exact) mass is 359 g/mol. The number of rotatable bonds is 5. The van der Waals surface area contributed by atoms with E-state index >= 15 is 0 Å². The zero-order chi connectivity index (χ0) is 19.4. The van der Waals surface area contributed by atoms with Crippen molar-refractivity contribution >= 4 is 23.6 Å². The number of nitrogens with one attached hydrogen (secondary N) is 2. The molecule has 26 heavy (non-hydrogen) atoms. The summed E-state index contributed by atoms with van der Waals surface area (Å²) in [5, 5.41) is 5.57. The van der Waals surface area contributed by atoms with Crippen molar-refractivity contribution in [1.29, 1.82) is 0 Å². The maximum absolute atomic E-state index is 12.7. The molecule has 1 aromatic rings. The van der Waals surface area contributed by atoms with Gasteiger partial charge in [-0.1, -0.05) is 12.1 Å². The Morgan fingerprint density at radius 1 is 1.35 bits per heavy atom. The lowest BCUT2D eigenvalue weighted by molar-refractivity contribution is -0.143. The predicted molar refractivity (Wildman–Crippen MR) is 98.3 cm³/mol. The van der Waals surface area contributed by atoms with Gasteiger partial charge in [-0.15, -0.1) is 0 Å². The molecule has 0 bridgehead atoms. The van der Waals surface area contributed by atoms with E-state index in [0.717, 1.165) is 0 Å². The van der Waals surface area contributed by atoms with Crippen LogP contribution in [0.4, 0.5) is 10.5 Å². The van der Waals surface area contributed by atoms with Crippen LogP contribution in [0.1, 0.15) is 46.2 Å². The van der Waals surface area contributed by atoms with Gasteiger partial charge in [0.2, 0.25) is 5.91 Å². The van der Waals surface area contributed by atoms with Crippen molar-refractivity contribution in [3.63, 3.8) is 0 Å². The molecule has 0 radical (unpaired) electrons. The van der Waals surface area contributed by atoms with Gasteiger partial charge in [0, 0.05) is 24.9 Å². The molecule has 2 N–H and O–H groups in total. The first kappa shape index (κ1) is 19.5. The molecule has 7 nitrogen and oxygen atoms in total. The average Bonchev–Trinajstić information content (AvgIpc) is 2.53. The van der Waals surface area contributed by atoms with Crippen LogP contribution in [0, 0.1) is 0 Å². The maximum Gasteiger partial charge on any atom is 0.338 e. The van der Waals surface area contributed by atoms with Gasteiger partial charge < -0.3 is 15.4 Å². The highest BCUT2D eigenvalue weighted by Gasteiger charge is 2.36. The van der Waals surface area contributed by atoms with Gasteiger partial charge in [-0.3, -0.25) is 9.69 Å². The van der Waals surface area contributed by atoms with Crippen LogP contribution in [0.2, 0.25) is 0 Å². The molecule has 140 valence electrons. The average molecular weight is 359 g/mol. The maximum atomic E-state index is 12.7. The van der Waals surface area contributed by atoms with Crippen molar-refractivity contribution in [3.8, 4) is 0 Å². The largest absolute Gasteiger partial charge is 0.459 e. The van der Waals surface area contributed by atoms with E-state index in [1.807, 2.05) is 6.92 Å². The number of allylic oxidation sites excluding steroid dienone is 1. The van der Waals surface area contributed by atoms with Crippen molar-refractivity contribution in [3.05, 3.63) is 41.1 Å². The van der Waals surface area contributed by atoms with Gasteiger partial charge in [0.25, 0.3) is 0 Å². The Balaban J connectivity index is 2.50. The summed E-state index contributed by atoms with van der Waals surface area (Å²) in [4.78, 5) is 38.0. The molecule has 1 heterocycles. The Morgan fingerprint density at radius 2 is 2.04 bits per heavy atom. The smallest absolute Gasteiger partial charge is 0.338 e. The number of anilines is 1. The lowest BCUT2D eigenvalue weighted by Crippen LogP contribution is -2.48. The molecule has 0 unspecified atom stereocenters. The number of amides is 3. The second kappa shape index (κ2) is 8.03. The molecule has 7 heteroatoms. The number of urea groups is 1. The summed E-state index contributed by atoms with van der Waals surface area (Å²) >= 11 is 0. The second-order valence-corrected chi connectivity index (χ2v) is 6.39. The molecule has 1 atom stereocenters. The number of nitrogens with zero attached hydrogens (tertiary/aromatic N) is 1. The molecule has 0 aromatic heterocycles. The number of hydrogen-bond donors (Lipinski definition) is 2. The van der Waals surface area contributed by atoms with Gasteiger partial charge in [-0.25, -0.2) is 9.59 Å².